The van der Waals surface area contributed by atoms with Crippen molar-refractivity contribution in [3.05, 3.63) is 24.3 Å². The van der Waals surface area contributed by atoms with E-state index >= 15 is 0 Å². The van der Waals surface area contributed by atoms with Crippen LogP contribution in [-0.4, -0.2) is 19.3 Å². The minimum atomic E-state index is 0.566. The van der Waals surface area contributed by atoms with Gasteiger partial charge in [-0.2, -0.15) is 4.37 Å². The number of nitrogens with one attached hydrogen (secondary N) is 1. The minimum absolute atomic E-state index is 0.566. The second-order valence-electron chi connectivity index (χ2n) is 3.43. The third-order valence-corrected chi connectivity index (χ3v) is 2.81. The lowest BCUT2D eigenvalue weighted by molar-refractivity contribution is 0.985. The molecular weight excluding hydrogens is 210 g/mol. The third kappa shape index (κ3) is 1.94. The summed E-state index contributed by atoms with van der Waals surface area (Å²) in [4.78, 5) is 12.5. The normalized spacial score (nSPS) is 15.2. The molecule has 5 nitrogen and oxygen atoms in total. The first-order valence-electron chi connectivity index (χ1n) is 4.79. The molecule has 1 fully saturated rings. The van der Waals surface area contributed by atoms with Gasteiger partial charge in [-0.25, -0.2) is 15.0 Å². The van der Waals surface area contributed by atoms with E-state index in [2.05, 4.69) is 24.6 Å². The first-order chi connectivity index (χ1) is 7.42. The van der Waals surface area contributed by atoms with Crippen molar-refractivity contribution in [2.24, 2.45) is 0 Å². The summed E-state index contributed by atoms with van der Waals surface area (Å²) in [6.45, 7) is 0. The zero-order chi connectivity index (χ0) is 10.1. The summed E-state index contributed by atoms with van der Waals surface area (Å²) in [5.74, 6) is 2.11. The molecule has 0 atom stereocenters. The Labute approximate surface area is 90.8 Å². The average molecular weight is 219 g/mol. The Bertz CT molecular complexity index is 451. The van der Waals surface area contributed by atoms with Gasteiger partial charge in [-0.05, 0) is 18.9 Å². The van der Waals surface area contributed by atoms with E-state index in [1.54, 1.807) is 18.5 Å². The summed E-state index contributed by atoms with van der Waals surface area (Å²) in [7, 11) is 0. The highest BCUT2D eigenvalue weighted by molar-refractivity contribution is 7.09. The molecular formula is C9H9N5S. The summed E-state index contributed by atoms with van der Waals surface area (Å²) in [6, 6.07) is 1.78. The van der Waals surface area contributed by atoms with Gasteiger partial charge in [0, 0.05) is 29.8 Å². The van der Waals surface area contributed by atoms with Crippen LogP contribution in [0.3, 0.4) is 0 Å². The van der Waals surface area contributed by atoms with Crippen LogP contribution in [0.4, 0.5) is 11.1 Å². The Morgan fingerprint density at radius 2 is 2.07 bits per heavy atom. The molecule has 0 saturated heterocycles. The van der Waals surface area contributed by atoms with Gasteiger partial charge in [-0.3, -0.25) is 5.32 Å². The number of hydrogen-bond donors (Lipinski definition) is 1. The minimum Gasteiger partial charge on any atom is -0.299 e. The van der Waals surface area contributed by atoms with Crippen LogP contribution >= 0.6 is 11.5 Å². The van der Waals surface area contributed by atoms with Gasteiger partial charge in [0.2, 0.25) is 11.1 Å². The van der Waals surface area contributed by atoms with Crippen molar-refractivity contribution in [2.75, 3.05) is 5.32 Å². The largest absolute Gasteiger partial charge is 0.299 e. The van der Waals surface area contributed by atoms with Crippen LogP contribution in [0, 0.1) is 0 Å². The molecule has 1 aliphatic carbocycles. The summed E-state index contributed by atoms with van der Waals surface area (Å²) in [5, 5.41) is 3.80. The van der Waals surface area contributed by atoms with E-state index in [1.165, 1.54) is 24.4 Å². The highest BCUT2D eigenvalue weighted by atomic mass is 32.1. The van der Waals surface area contributed by atoms with Crippen LogP contribution in [0.5, 0.6) is 0 Å². The van der Waals surface area contributed by atoms with Gasteiger partial charge in [0.1, 0.15) is 5.82 Å². The number of nitrogens with zero attached hydrogens (tertiary/aromatic N) is 4. The first kappa shape index (κ1) is 8.72. The van der Waals surface area contributed by atoms with Gasteiger partial charge in [-0.1, -0.05) is 0 Å². The van der Waals surface area contributed by atoms with Gasteiger partial charge >= 0.3 is 0 Å². The van der Waals surface area contributed by atoms with Crippen LogP contribution in [0.15, 0.2) is 18.5 Å². The molecule has 6 heteroatoms. The standard InChI is InChI=1S/C9H9N5S/c1-4-10-8(11-5-1)13-9-12-7(14-15-9)6-2-3-6/h1,4-6H,2-3H2,(H,10,11,12,13,14). The van der Waals surface area contributed by atoms with E-state index in [0.29, 0.717) is 11.9 Å². The van der Waals surface area contributed by atoms with Crippen molar-refractivity contribution < 1.29 is 0 Å². The van der Waals surface area contributed by atoms with Crippen molar-refractivity contribution in [3.8, 4) is 0 Å². The monoisotopic (exact) mass is 219 g/mol. The third-order valence-electron chi connectivity index (χ3n) is 2.17. The zero-order valence-electron chi connectivity index (χ0n) is 7.92. The van der Waals surface area contributed by atoms with Crippen LogP contribution in [-0.2, 0) is 0 Å². The number of aromatic nitrogens is 4. The summed E-state index contributed by atoms with van der Waals surface area (Å²) in [5.41, 5.74) is 0. The Morgan fingerprint density at radius 1 is 1.27 bits per heavy atom. The molecule has 2 aromatic rings. The van der Waals surface area contributed by atoms with Crippen molar-refractivity contribution in [3.63, 3.8) is 0 Å². The lowest BCUT2D eigenvalue weighted by Gasteiger charge is -1.96. The molecule has 0 radical (unpaired) electrons. The van der Waals surface area contributed by atoms with Gasteiger partial charge in [0.15, 0.2) is 0 Å². The molecule has 0 spiro atoms. The van der Waals surface area contributed by atoms with Gasteiger partial charge in [0.25, 0.3) is 0 Å². The van der Waals surface area contributed by atoms with Crippen LogP contribution in [0.1, 0.15) is 24.6 Å². The van der Waals surface area contributed by atoms with E-state index in [4.69, 9.17) is 0 Å². The fourth-order valence-electron chi connectivity index (χ4n) is 1.25. The highest BCUT2D eigenvalue weighted by Crippen LogP contribution is 2.39. The highest BCUT2D eigenvalue weighted by Gasteiger charge is 2.27. The van der Waals surface area contributed by atoms with E-state index in [0.717, 1.165) is 11.0 Å². The molecule has 3 rings (SSSR count). The fourth-order valence-corrected chi connectivity index (χ4v) is 1.89. The maximum absolute atomic E-state index is 4.38. The second kappa shape index (κ2) is 3.54. The van der Waals surface area contributed by atoms with Crippen LogP contribution < -0.4 is 5.32 Å². The Kier molecular flexibility index (Phi) is 2.06. The van der Waals surface area contributed by atoms with Crippen molar-refractivity contribution in [1.82, 2.24) is 19.3 Å². The molecule has 1 aliphatic rings. The predicted octanol–water partition coefficient (Wildman–Crippen LogP) is 1.95. The maximum atomic E-state index is 4.38. The zero-order valence-corrected chi connectivity index (χ0v) is 8.74. The maximum Gasteiger partial charge on any atom is 0.228 e. The number of rotatable bonds is 3. The summed E-state index contributed by atoms with van der Waals surface area (Å²) >= 11 is 1.36. The van der Waals surface area contributed by atoms with E-state index in [9.17, 15) is 0 Å². The topological polar surface area (TPSA) is 63.6 Å². The quantitative estimate of drug-likeness (QED) is 0.854. The summed E-state index contributed by atoms with van der Waals surface area (Å²) < 4.78 is 4.29. The van der Waals surface area contributed by atoms with Crippen LogP contribution in [0.2, 0.25) is 0 Å². The molecule has 1 saturated carbocycles. The van der Waals surface area contributed by atoms with E-state index in [-0.39, 0.29) is 0 Å². The Morgan fingerprint density at radius 3 is 2.80 bits per heavy atom. The SMILES string of the molecule is c1cnc(Nc2nc(C3CC3)ns2)nc1. The van der Waals surface area contributed by atoms with Crippen molar-refractivity contribution >= 4 is 22.6 Å². The molecule has 15 heavy (non-hydrogen) atoms. The summed E-state index contributed by atoms with van der Waals surface area (Å²) in [6.07, 6.45) is 5.83. The molecule has 0 aromatic carbocycles. The molecule has 2 heterocycles. The molecule has 1 N–H and O–H groups in total. The molecule has 76 valence electrons. The predicted molar refractivity (Wildman–Crippen MR) is 57.2 cm³/mol. The van der Waals surface area contributed by atoms with Gasteiger partial charge in [-0.15, -0.1) is 0 Å². The molecule has 0 aliphatic heterocycles. The Balaban J connectivity index is 1.76. The fraction of sp³-hybridized carbons (Fsp3) is 0.333. The Hall–Kier alpha value is -1.56. The second-order valence-corrected chi connectivity index (χ2v) is 4.18. The number of anilines is 2. The van der Waals surface area contributed by atoms with Gasteiger partial charge in [0.05, 0.1) is 0 Å². The molecule has 0 amide bonds. The average Bonchev–Trinajstić information content (AvgIpc) is 3.02. The smallest absolute Gasteiger partial charge is 0.228 e. The molecule has 2 aromatic heterocycles. The lowest BCUT2D eigenvalue weighted by Crippen LogP contribution is -1.95. The van der Waals surface area contributed by atoms with Crippen molar-refractivity contribution in [1.29, 1.82) is 0 Å². The van der Waals surface area contributed by atoms with Crippen molar-refractivity contribution in [2.45, 2.75) is 18.8 Å². The lowest BCUT2D eigenvalue weighted by atomic mass is 10.4. The van der Waals surface area contributed by atoms with Gasteiger partial charge < -0.3 is 0 Å². The van der Waals surface area contributed by atoms with Crippen LogP contribution in [0.25, 0.3) is 0 Å². The van der Waals surface area contributed by atoms with E-state index < -0.39 is 0 Å². The number of hydrogen-bond acceptors (Lipinski definition) is 6. The molecule has 0 unspecified atom stereocenters. The molecule has 0 bridgehead atoms. The van der Waals surface area contributed by atoms with E-state index in [1.807, 2.05) is 0 Å². The first-order valence-corrected chi connectivity index (χ1v) is 5.57.